The van der Waals surface area contributed by atoms with E-state index in [2.05, 4.69) is 66.1 Å². The third kappa shape index (κ3) is 3.48. The second-order valence-electron chi connectivity index (χ2n) is 5.82. The van der Waals surface area contributed by atoms with Crippen LogP contribution in [0.15, 0.2) is 94.1 Å². The molecule has 4 aromatic rings. The zero-order valence-electron chi connectivity index (χ0n) is 13.7. The minimum absolute atomic E-state index is 0.861. The first-order chi connectivity index (χ1) is 12.7. The summed E-state index contributed by atoms with van der Waals surface area (Å²) in [6.07, 6.45) is 3.78. The topological polar surface area (TPSA) is 25.8 Å². The van der Waals surface area contributed by atoms with Gasteiger partial charge in [0, 0.05) is 32.5 Å². The molecule has 126 valence electrons. The van der Waals surface area contributed by atoms with Gasteiger partial charge in [-0.3, -0.25) is 9.97 Å². The lowest BCUT2D eigenvalue weighted by molar-refractivity contribution is 1.25. The van der Waals surface area contributed by atoms with Gasteiger partial charge in [0.05, 0.1) is 11.4 Å². The number of rotatable bonds is 3. The molecular formula is C22H14Br2N2. The van der Waals surface area contributed by atoms with Crippen molar-refractivity contribution >= 4 is 31.9 Å². The van der Waals surface area contributed by atoms with Gasteiger partial charge in [-0.15, -0.1) is 0 Å². The lowest BCUT2D eigenvalue weighted by Gasteiger charge is -2.07. The molecule has 0 amide bonds. The van der Waals surface area contributed by atoms with E-state index in [-0.39, 0.29) is 0 Å². The summed E-state index contributed by atoms with van der Waals surface area (Å²) in [4.78, 5) is 9.19. The van der Waals surface area contributed by atoms with Crippen molar-refractivity contribution in [2.75, 3.05) is 0 Å². The highest BCUT2D eigenvalue weighted by Gasteiger charge is 2.07. The van der Waals surface area contributed by atoms with Gasteiger partial charge in [-0.05, 0) is 35.4 Å². The van der Waals surface area contributed by atoms with Crippen molar-refractivity contribution in [3.05, 3.63) is 94.1 Å². The van der Waals surface area contributed by atoms with Gasteiger partial charge in [0.1, 0.15) is 0 Å². The van der Waals surface area contributed by atoms with Crippen LogP contribution in [-0.4, -0.2) is 9.97 Å². The Bertz CT molecular complexity index is 955. The molecule has 26 heavy (non-hydrogen) atoms. The molecule has 0 fully saturated rings. The Balaban J connectivity index is 1.62. The highest BCUT2D eigenvalue weighted by molar-refractivity contribution is 9.11. The van der Waals surface area contributed by atoms with Crippen molar-refractivity contribution in [3.8, 4) is 33.6 Å². The Morgan fingerprint density at radius 2 is 0.923 bits per heavy atom. The van der Waals surface area contributed by atoms with Crippen LogP contribution in [-0.2, 0) is 0 Å². The maximum absolute atomic E-state index is 4.59. The van der Waals surface area contributed by atoms with Crippen molar-refractivity contribution < 1.29 is 0 Å². The number of halogens is 2. The van der Waals surface area contributed by atoms with Crippen LogP contribution in [0.4, 0.5) is 0 Å². The molecule has 0 spiro atoms. The molecule has 0 N–H and O–H groups in total. The Morgan fingerprint density at radius 1 is 0.500 bits per heavy atom. The highest BCUT2D eigenvalue weighted by atomic mass is 79.9. The standard InChI is InChI=1S/C22H14Br2N2/c23-19-7-3-1-5-17(19)15-9-11-21(25-13-15)22-12-10-16(14-26-22)18-6-2-4-8-20(18)24/h1-14H. The second kappa shape index (κ2) is 7.52. The number of hydrogen-bond donors (Lipinski definition) is 0. The first kappa shape index (κ1) is 17.1. The SMILES string of the molecule is Brc1ccccc1-c1ccc(-c2ccc(-c3ccccc3Br)cn2)nc1. The summed E-state index contributed by atoms with van der Waals surface area (Å²) in [7, 11) is 0. The van der Waals surface area contributed by atoms with Crippen LogP contribution in [0.2, 0.25) is 0 Å². The van der Waals surface area contributed by atoms with Gasteiger partial charge in [-0.1, -0.05) is 80.4 Å². The van der Waals surface area contributed by atoms with E-state index in [0.717, 1.165) is 42.6 Å². The summed E-state index contributed by atoms with van der Waals surface area (Å²) < 4.78 is 2.12. The van der Waals surface area contributed by atoms with Gasteiger partial charge in [0.2, 0.25) is 0 Å². The Morgan fingerprint density at radius 3 is 1.27 bits per heavy atom. The van der Waals surface area contributed by atoms with E-state index < -0.39 is 0 Å². The number of aromatic nitrogens is 2. The van der Waals surface area contributed by atoms with Crippen molar-refractivity contribution in [3.63, 3.8) is 0 Å². The predicted octanol–water partition coefficient (Wildman–Crippen LogP) is 7.00. The van der Waals surface area contributed by atoms with E-state index in [4.69, 9.17) is 0 Å². The molecule has 4 heteroatoms. The molecule has 0 saturated heterocycles. The maximum Gasteiger partial charge on any atom is 0.0886 e. The monoisotopic (exact) mass is 464 g/mol. The Kier molecular flexibility index (Phi) is 4.96. The van der Waals surface area contributed by atoms with Gasteiger partial charge >= 0.3 is 0 Å². The fourth-order valence-corrected chi connectivity index (χ4v) is 3.83. The number of hydrogen-bond acceptors (Lipinski definition) is 2. The summed E-state index contributed by atoms with van der Waals surface area (Å²) in [6.45, 7) is 0. The molecule has 0 aliphatic heterocycles. The van der Waals surface area contributed by atoms with Gasteiger partial charge in [-0.25, -0.2) is 0 Å². The zero-order chi connectivity index (χ0) is 17.9. The predicted molar refractivity (Wildman–Crippen MR) is 114 cm³/mol. The summed E-state index contributed by atoms with van der Waals surface area (Å²) in [6, 6.07) is 24.4. The van der Waals surface area contributed by atoms with Crippen molar-refractivity contribution in [1.29, 1.82) is 0 Å². The number of benzene rings is 2. The quantitative estimate of drug-likeness (QED) is 0.325. The first-order valence-corrected chi connectivity index (χ1v) is 9.73. The molecule has 2 aromatic heterocycles. The van der Waals surface area contributed by atoms with Crippen LogP contribution in [0.1, 0.15) is 0 Å². The Hall–Kier alpha value is -2.30. The van der Waals surface area contributed by atoms with E-state index in [1.165, 1.54) is 0 Å². The number of pyridine rings is 2. The van der Waals surface area contributed by atoms with Gasteiger partial charge in [0.25, 0.3) is 0 Å². The molecule has 0 unspecified atom stereocenters. The van der Waals surface area contributed by atoms with E-state index in [9.17, 15) is 0 Å². The van der Waals surface area contributed by atoms with E-state index in [0.29, 0.717) is 0 Å². The molecule has 2 heterocycles. The van der Waals surface area contributed by atoms with E-state index in [1.54, 1.807) is 0 Å². The normalized spacial score (nSPS) is 10.7. The highest BCUT2D eigenvalue weighted by Crippen LogP contribution is 2.30. The molecular weight excluding hydrogens is 452 g/mol. The molecule has 0 aliphatic carbocycles. The fraction of sp³-hybridized carbons (Fsp3) is 0. The average molecular weight is 466 g/mol. The third-order valence-corrected chi connectivity index (χ3v) is 5.54. The minimum Gasteiger partial charge on any atom is -0.254 e. The van der Waals surface area contributed by atoms with Crippen LogP contribution >= 0.6 is 31.9 Å². The molecule has 0 aliphatic rings. The number of nitrogens with zero attached hydrogens (tertiary/aromatic N) is 2. The molecule has 4 rings (SSSR count). The Labute approximate surface area is 169 Å². The average Bonchev–Trinajstić information content (AvgIpc) is 2.69. The summed E-state index contributed by atoms with van der Waals surface area (Å²) in [5.41, 5.74) is 6.13. The fourth-order valence-electron chi connectivity index (χ4n) is 2.80. The lowest BCUT2D eigenvalue weighted by atomic mass is 10.1. The smallest absolute Gasteiger partial charge is 0.0886 e. The molecule has 0 atom stereocenters. The molecule has 0 radical (unpaired) electrons. The third-order valence-electron chi connectivity index (χ3n) is 4.16. The van der Waals surface area contributed by atoms with Crippen LogP contribution in [0, 0.1) is 0 Å². The van der Waals surface area contributed by atoms with Gasteiger partial charge in [0.15, 0.2) is 0 Å². The van der Waals surface area contributed by atoms with E-state index >= 15 is 0 Å². The summed E-state index contributed by atoms with van der Waals surface area (Å²) in [5, 5.41) is 0. The van der Waals surface area contributed by atoms with Crippen LogP contribution in [0.3, 0.4) is 0 Å². The van der Waals surface area contributed by atoms with Crippen LogP contribution < -0.4 is 0 Å². The van der Waals surface area contributed by atoms with Crippen molar-refractivity contribution in [1.82, 2.24) is 9.97 Å². The zero-order valence-corrected chi connectivity index (χ0v) is 16.9. The molecule has 0 saturated carbocycles. The largest absolute Gasteiger partial charge is 0.254 e. The molecule has 2 aromatic carbocycles. The summed E-state index contributed by atoms with van der Waals surface area (Å²) >= 11 is 7.18. The van der Waals surface area contributed by atoms with Crippen molar-refractivity contribution in [2.24, 2.45) is 0 Å². The van der Waals surface area contributed by atoms with Gasteiger partial charge in [-0.2, -0.15) is 0 Å². The maximum atomic E-state index is 4.59. The summed E-state index contributed by atoms with van der Waals surface area (Å²) in [5.74, 6) is 0. The van der Waals surface area contributed by atoms with Gasteiger partial charge < -0.3 is 0 Å². The molecule has 2 nitrogen and oxygen atoms in total. The van der Waals surface area contributed by atoms with Crippen molar-refractivity contribution in [2.45, 2.75) is 0 Å². The first-order valence-electron chi connectivity index (χ1n) is 8.14. The molecule has 0 bridgehead atoms. The lowest BCUT2D eigenvalue weighted by Crippen LogP contribution is -1.89. The van der Waals surface area contributed by atoms with Crippen LogP contribution in [0.25, 0.3) is 33.6 Å². The van der Waals surface area contributed by atoms with E-state index in [1.807, 2.05) is 60.9 Å². The second-order valence-corrected chi connectivity index (χ2v) is 7.53. The minimum atomic E-state index is 0.861. The van der Waals surface area contributed by atoms with Crippen LogP contribution in [0.5, 0.6) is 0 Å².